The maximum atomic E-state index is 13.2. The highest BCUT2D eigenvalue weighted by Crippen LogP contribution is 2.20. The summed E-state index contributed by atoms with van der Waals surface area (Å²) in [6, 6.07) is 8.53. The van der Waals surface area contributed by atoms with E-state index in [9.17, 15) is 4.39 Å². The number of halogens is 3. The lowest BCUT2D eigenvalue weighted by Crippen LogP contribution is -2.06. The average molecular weight is 369 g/mol. The Morgan fingerprint density at radius 3 is 2.90 bits per heavy atom. The summed E-state index contributed by atoms with van der Waals surface area (Å²) in [5.74, 6) is 0.869. The van der Waals surface area contributed by atoms with E-state index in [4.69, 9.17) is 11.6 Å². The zero-order valence-corrected chi connectivity index (χ0v) is 13.4. The molecule has 2 aromatic heterocycles. The number of hydrogen-bond donors (Lipinski definition) is 0. The van der Waals surface area contributed by atoms with Gasteiger partial charge in [-0.3, -0.25) is 0 Å². The van der Waals surface area contributed by atoms with Crippen LogP contribution in [0.25, 0.3) is 11.2 Å². The summed E-state index contributed by atoms with van der Waals surface area (Å²) in [7, 11) is 0. The monoisotopic (exact) mass is 367 g/mol. The third kappa shape index (κ3) is 3.09. The summed E-state index contributed by atoms with van der Waals surface area (Å²) in [6.07, 6.45) is 2.44. The highest BCUT2D eigenvalue weighted by Gasteiger charge is 2.11. The molecule has 0 aliphatic heterocycles. The summed E-state index contributed by atoms with van der Waals surface area (Å²) >= 11 is 9.35. The smallest absolute Gasteiger partial charge is 0.160 e. The van der Waals surface area contributed by atoms with Crippen molar-refractivity contribution in [3.63, 3.8) is 0 Å². The van der Waals surface area contributed by atoms with Gasteiger partial charge in [-0.05, 0) is 46.1 Å². The van der Waals surface area contributed by atoms with E-state index in [1.807, 2.05) is 16.7 Å². The first-order chi connectivity index (χ1) is 10.2. The Balaban J connectivity index is 1.92. The standard InChI is InChI=1S/C15H12BrClFN3/c16-11-7-13-15(19-9-11)21(14(8-17)20-13)5-4-10-2-1-3-12(18)6-10/h1-3,6-7,9H,4-5,8H2. The molecule has 0 aliphatic rings. The highest BCUT2D eigenvalue weighted by molar-refractivity contribution is 9.10. The summed E-state index contributed by atoms with van der Waals surface area (Å²) < 4.78 is 16.1. The van der Waals surface area contributed by atoms with Gasteiger partial charge in [0.25, 0.3) is 0 Å². The Morgan fingerprint density at radius 2 is 2.14 bits per heavy atom. The zero-order valence-electron chi connectivity index (χ0n) is 11.1. The lowest BCUT2D eigenvalue weighted by atomic mass is 10.1. The topological polar surface area (TPSA) is 30.7 Å². The molecule has 1 aromatic carbocycles. The van der Waals surface area contributed by atoms with Crippen molar-refractivity contribution in [2.24, 2.45) is 0 Å². The van der Waals surface area contributed by atoms with Crippen molar-refractivity contribution in [1.82, 2.24) is 14.5 Å². The molecular weight excluding hydrogens is 357 g/mol. The summed E-state index contributed by atoms with van der Waals surface area (Å²) in [5.41, 5.74) is 2.54. The van der Waals surface area contributed by atoms with Gasteiger partial charge in [0.1, 0.15) is 17.2 Å². The number of hydrogen-bond acceptors (Lipinski definition) is 2. The number of pyridine rings is 1. The average Bonchev–Trinajstić information content (AvgIpc) is 2.82. The van der Waals surface area contributed by atoms with E-state index in [0.717, 1.165) is 27.0 Å². The van der Waals surface area contributed by atoms with Crippen molar-refractivity contribution >= 4 is 38.7 Å². The van der Waals surface area contributed by atoms with Crippen molar-refractivity contribution in [1.29, 1.82) is 0 Å². The van der Waals surface area contributed by atoms with E-state index in [1.165, 1.54) is 6.07 Å². The van der Waals surface area contributed by atoms with Gasteiger partial charge in [-0.15, -0.1) is 11.6 Å². The van der Waals surface area contributed by atoms with Crippen molar-refractivity contribution in [2.45, 2.75) is 18.8 Å². The fraction of sp³-hybridized carbons (Fsp3) is 0.200. The molecule has 0 fully saturated rings. The third-order valence-corrected chi connectivity index (χ3v) is 3.94. The molecule has 0 unspecified atom stereocenters. The minimum atomic E-state index is -0.220. The molecule has 3 nitrogen and oxygen atoms in total. The number of alkyl halides is 1. The van der Waals surface area contributed by atoms with Crippen LogP contribution >= 0.6 is 27.5 Å². The van der Waals surface area contributed by atoms with Crippen LogP contribution in [-0.4, -0.2) is 14.5 Å². The number of fused-ring (bicyclic) bond motifs is 1. The summed E-state index contributed by atoms with van der Waals surface area (Å²) in [6.45, 7) is 0.663. The molecule has 2 heterocycles. The Hall–Kier alpha value is -1.46. The molecule has 0 radical (unpaired) electrons. The van der Waals surface area contributed by atoms with Crippen LogP contribution < -0.4 is 0 Å². The van der Waals surface area contributed by atoms with Crippen LogP contribution in [0.4, 0.5) is 4.39 Å². The highest BCUT2D eigenvalue weighted by atomic mass is 79.9. The molecule has 0 saturated carbocycles. The van der Waals surface area contributed by atoms with Gasteiger partial charge in [0.05, 0.1) is 5.88 Å². The van der Waals surface area contributed by atoms with E-state index in [2.05, 4.69) is 25.9 Å². The van der Waals surface area contributed by atoms with Gasteiger partial charge in [0.15, 0.2) is 5.65 Å². The molecule has 0 saturated heterocycles. The Morgan fingerprint density at radius 1 is 1.29 bits per heavy atom. The van der Waals surface area contributed by atoms with E-state index in [1.54, 1.807) is 18.3 Å². The molecular formula is C15H12BrClFN3. The van der Waals surface area contributed by atoms with Crippen molar-refractivity contribution < 1.29 is 4.39 Å². The van der Waals surface area contributed by atoms with Gasteiger partial charge < -0.3 is 4.57 Å². The predicted molar refractivity (Wildman–Crippen MR) is 84.9 cm³/mol. The number of aryl methyl sites for hydroxylation is 2. The second kappa shape index (κ2) is 6.12. The molecule has 0 bridgehead atoms. The van der Waals surface area contributed by atoms with Gasteiger partial charge in [-0.1, -0.05) is 12.1 Å². The molecule has 3 aromatic rings. The second-order valence-electron chi connectivity index (χ2n) is 4.69. The van der Waals surface area contributed by atoms with Gasteiger partial charge in [-0.2, -0.15) is 0 Å². The molecule has 21 heavy (non-hydrogen) atoms. The molecule has 0 amide bonds. The van der Waals surface area contributed by atoms with Crippen LogP contribution in [0.3, 0.4) is 0 Å². The third-order valence-electron chi connectivity index (χ3n) is 3.26. The van der Waals surface area contributed by atoms with E-state index < -0.39 is 0 Å². The normalized spacial score (nSPS) is 11.2. The lowest BCUT2D eigenvalue weighted by Gasteiger charge is -2.07. The second-order valence-corrected chi connectivity index (χ2v) is 5.87. The fourth-order valence-electron chi connectivity index (χ4n) is 2.30. The van der Waals surface area contributed by atoms with Crippen LogP contribution in [0.2, 0.25) is 0 Å². The van der Waals surface area contributed by atoms with Gasteiger partial charge in [0, 0.05) is 17.2 Å². The predicted octanol–water partition coefficient (Wildman–Crippen LogP) is 4.31. The van der Waals surface area contributed by atoms with Crippen LogP contribution in [0, 0.1) is 5.82 Å². The van der Waals surface area contributed by atoms with E-state index in [-0.39, 0.29) is 5.82 Å². The first kappa shape index (κ1) is 14.5. The zero-order chi connectivity index (χ0) is 14.8. The van der Waals surface area contributed by atoms with Gasteiger partial charge in [-0.25, -0.2) is 14.4 Å². The van der Waals surface area contributed by atoms with Crippen LogP contribution in [0.5, 0.6) is 0 Å². The van der Waals surface area contributed by atoms with E-state index >= 15 is 0 Å². The number of nitrogens with zero attached hydrogens (tertiary/aromatic N) is 3. The molecule has 3 rings (SSSR count). The first-order valence-corrected chi connectivity index (χ1v) is 7.81. The number of imidazole rings is 1. The summed E-state index contributed by atoms with van der Waals surface area (Å²) in [5, 5.41) is 0. The molecule has 0 spiro atoms. The first-order valence-electron chi connectivity index (χ1n) is 6.48. The lowest BCUT2D eigenvalue weighted by molar-refractivity contribution is 0.621. The number of aromatic nitrogens is 3. The Kier molecular flexibility index (Phi) is 4.22. The SMILES string of the molecule is Fc1cccc(CCn2c(CCl)nc3cc(Br)cnc32)c1. The van der Waals surface area contributed by atoms with E-state index in [0.29, 0.717) is 18.8 Å². The van der Waals surface area contributed by atoms with Crippen LogP contribution in [-0.2, 0) is 18.8 Å². The largest absolute Gasteiger partial charge is 0.311 e. The maximum Gasteiger partial charge on any atom is 0.160 e. The number of benzene rings is 1. The Labute approximate surface area is 134 Å². The molecule has 0 N–H and O–H groups in total. The quantitative estimate of drug-likeness (QED) is 0.642. The molecule has 108 valence electrons. The molecule has 0 aliphatic carbocycles. The minimum absolute atomic E-state index is 0.220. The Bertz CT molecular complexity index is 788. The molecule has 0 atom stereocenters. The maximum absolute atomic E-state index is 13.2. The van der Waals surface area contributed by atoms with Crippen LogP contribution in [0.15, 0.2) is 41.0 Å². The minimum Gasteiger partial charge on any atom is -0.311 e. The van der Waals surface area contributed by atoms with Crippen molar-refractivity contribution in [3.05, 3.63) is 58.2 Å². The van der Waals surface area contributed by atoms with Crippen molar-refractivity contribution in [2.75, 3.05) is 0 Å². The number of rotatable bonds is 4. The molecule has 6 heteroatoms. The van der Waals surface area contributed by atoms with Gasteiger partial charge in [0.2, 0.25) is 0 Å². The van der Waals surface area contributed by atoms with Gasteiger partial charge >= 0.3 is 0 Å². The summed E-state index contributed by atoms with van der Waals surface area (Å²) in [4.78, 5) is 8.89. The fourth-order valence-corrected chi connectivity index (χ4v) is 2.83. The van der Waals surface area contributed by atoms with Crippen LogP contribution in [0.1, 0.15) is 11.4 Å². The van der Waals surface area contributed by atoms with Crippen molar-refractivity contribution in [3.8, 4) is 0 Å².